The standard InChI is InChI=1S/C21H25N3O2S/c1-5-26-17-9-10-18-19(14-17)27-21(22-18)24(12-11-23(3)4)20(25)16-8-6-7-15(2)13-16/h6-10,13-14H,5,11-12H2,1-4H3/p+1. The third-order valence-corrected chi connectivity index (χ3v) is 5.28. The number of benzene rings is 2. The normalized spacial score (nSPS) is 11.1. The van der Waals surface area contributed by atoms with E-state index < -0.39 is 0 Å². The molecule has 5 nitrogen and oxygen atoms in total. The van der Waals surface area contributed by atoms with E-state index in [2.05, 4.69) is 14.1 Å². The summed E-state index contributed by atoms with van der Waals surface area (Å²) in [6.45, 7) is 6.05. The number of anilines is 1. The number of hydrogen-bond donors (Lipinski definition) is 1. The summed E-state index contributed by atoms with van der Waals surface area (Å²) in [7, 11) is 4.17. The van der Waals surface area contributed by atoms with Crippen molar-refractivity contribution in [2.75, 3.05) is 38.7 Å². The Morgan fingerprint density at radius 1 is 1.22 bits per heavy atom. The lowest BCUT2D eigenvalue weighted by Crippen LogP contribution is -3.06. The van der Waals surface area contributed by atoms with E-state index in [1.165, 1.54) is 16.2 Å². The Kier molecular flexibility index (Phi) is 6.08. The second-order valence-corrected chi connectivity index (χ2v) is 7.85. The lowest BCUT2D eigenvalue weighted by molar-refractivity contribution is -0.856. The highest BCUT2D eigenvalue weighted by Gasteiger charge is 2.22. The van der Waals surface area contributed by atoms with Crippen LogP contribution in [0.2, 0.25) is 0 Å². The number of thiazole rings is 1. The van der Waals surface area contributed by atoms with Crippen LogP contribution >= 0.6 is 11.3 Å². The van der Waals surface area contributed by atoms with Crippen molar-refractivity contribution in [1.82, 2.24) is 4.98 Å². The monoisotopic (exact) mass is 384 g/mol. The van der Waals surface area contributed by atoms with Crippen LogP contribution in [0.5, 0.6) is 5.75 Å². The van der Waals surface area contributed by atoms with Crippen molar-refractivity contribution in [3.8, 4) is 5.75 Å². The number of rotatable bonds is 7. The summed E-state index contributed by atoms with van der Waals surface area (Å²) in [4.78, 5) is 21.0. The van der Waals surface area contributed by atoms with Gasteiger partial charge in [0.15, 0.2) is 5.13 Å². The lowest BCUT2D eigenvalue weighted by atomic mass is 10.1. The van der Waals surface area contributed by atoms with Crippen LogP contribution in [0.3, 0.4) is 0 Å². The molecular weight excluding hydrogens is 358 g/mol. The summed E-state index contributed by atoms with van der Waals surface area (Å²) < 4.78 is 6.61. The van der Waals surface area contributed by atoms with Gasteiger partial charge in [0.1, 0.15) is 5.75 Å². The number of hydrogen-bond acceptors (Lipinski definition) is 4. The summed E-state index contributed by atoms with van der Waals surface area (Å²) >= 11 is 1.53. The zero-order chi connectivity index (χ0) is 19.4. The van der Waals surface area contributed by atoms with Gasteiger partial charge in [-0.3, -0.25) is 9.69 Å². The Bertz CT molecular complexity index is 936. The van der Waals surface area contributed by atoms with Crippen molar-refractivity contribution in [1.29, 1.82) is 0 Å². The summed E-state index contributed by atoms with van der Waals surface area (Å²) in [5, 5.41) is 0.728. The largest absolute Gasteiger partial charge is 0.494 e. The molecule has 0 aliphatic rings. The van der Waals surface area contributed by atoms with Gasteiger partial charge in [-0.15, -0.1) is 0 Å². The Morgan fingerprint density at radius 3 is 2.74 bits per heavy atom. The number of likely N-dealkylation sites (N-methyl/N-ethyl adjacent to an activating group) is 1. The molecule has 3 aromatic rings. The van der Waals surface area contributed by atoms with Crippen LogP contribution in [0, 0.1) is 6.92 Å². The molecule has 0 radical (unpaired) electrons. The minimum atomic E-state index is -0.0102. The van der Waals surface area contributed by atoms with E-state index in [0.717, 1.165) is 33.2 Å². The van der Waals surface area contributed by atoms with Crippen LogP contribution in [-0.2, 0) is 0 Å². The molecule has 0 spiro atoms. The zero-order valence-electron chi connectivity index (χ0n) is 16.3. The lowest BCUT2D eigenvalue weighted by Gasteiger charge is -2.21. The van der Waals surface area contributed by atoms with Crippen LogP contribution in [-0.4, -0.2) is 44.7 Å². The van der Waals surface area contributed by atoms with E-state index in [1.807, 2.05) is 56.3 Å². The summed E-state index contributed by atoms with van der Waals surface area (Å²) in [6, 6.07) is 13.6. The van der Waals surface area contributed by atoms with Crippen LogP contribution in [0.25, 0.3) is 10.2 Å². The number of ether oxygens (including phenoxy) is 1. The van der Waals surface area contributed by atoms with Gasteiger partial charge in [-0.2, -0.15) is 0 Å². The van der Waals surface area contributed by atoms with Crippen LogP contribution in [0.1, 0.15) is 22.8 Å². The van der Waals surface area contributed by atoms with Crippen LogP contribution in [0.15, 0.2) is 42.5 Å². The molecule has 6 heteroatoms. The highest BCUT2D eigenvalue weighted by atomic mass is 32.1. The van der Waals surface area contributed by atoms with Gasteiger partial charge in [-0.25, -0.2) is 4.98 Å². The number of fused-ring (bicyclic) bond motifs is 1. The van der Waals surface area contributed by atoms with Gasteiger partial charge in [0.05, 0.1) is 44.0 Å². The molecule has 0 aliphatic heterocycles. The first-order chi connectivity index (χ1) is 13.0. The van der Waals surface area contributed by atoms with Gasteiger partial charge in [-0.05, 0) is 44.2 Å². The number of aryl methyl sites for hydroxylation is 1. The van der Waals surface area contributed by atoms with Crippen molar-refractivity contribution in [2.45, 2.75) is 13.8 Å². The fraction of sp³-hybridized carbons (Fsp3) is 0.333. The van der Waals surface area contributed by atoms with Gasteiger partial charge >= 0.3 is 0 Å². The predicted octanol–water partition coefficient (Wildman–Crippen LogP) is 2.79. The topological polar surface area (TPSA) is 46.9 Å². The van der Waals surface area contributed by atoms with Crippen LogP contribution in [0.4, 0.5) is 5.13 Å². The Morgan fingerprint density at radius 2 is 2.04 bits per heavy atom. The quantitative estimate of drug-likeness (QED) is 0.681. The number of amides is 1. The molecule has 1 N–H and O–H groups in total. The maximum Gasteiger partial charge on any atom is 0.260 e. The van der Waals surface area contributed by atoms with Crippen molar-refractivity contribution < 1.29 is 14.4 Å². The van der Waals surface area contributed by atoms with E-state index in [9.17, 15) is 4.79 Å². The molecule has 1 heterocycles. The van der Waals surface area contributed by atoms with E-state index in [0.29, 0.717) is 18.7 Å². The van der Waals surface area contributed by atoms with Gasteiger partial charge in [-0.1, -0.05) is 29.0 Å². The molecule has 0 aliphatic carbocycles. The first kappa shape index (κ1) is 19.3. The number of nitrogens with one attached hydrogen (secondary N) is 1. The summed E-state index contributed by atoms with van der Waals surface area (Å²) in [5.41, 5.74) is 2.65. The minimum Gasteiger partial charge on any atom is -0.494 e. The molecule has 1 aromatic heterocycles. The maximum atomic E-state index is 13.2. The van der Waals surface area contributed by atoms with Gasteiger partial charge < -0.3 is 9.64 Å². The molecule has 0 atom stereocenters. The smallest absolute Gasteiger partial charge is 0.260 e. The van der Waals surface area contributed by atoms with E-state index >= 15 is 0 Å². The second-order valence-electron chi connectivity index (χ2n) is 6.84. The van der Waals surface area contributed by atoms with Crippen molar-refractivity contribution in [3.63, 3.8) is 0 Å². The molecule has 0 saturated heterocycles. The number of quaternary nitrogens is 1. The first-order valence-electron chi connectivity index (χ1n) is 9.19. The highest BCUT2D eigenvalue weighted by molar-refractivity contribution is 7.22. The third kappa shape index (κ3) is 4.64. The van der Waals surface area contributed by atoms with E-state index in [1.54, 1.807) is 4.90 Å². The Labute approximate surface area is 164 Å². The van der Waals surface area contributed by atoms with Gasteiger partial charge in [0.2, 0.25) is 0 Å². The minimum absolute atomic E-state index is 0.0102. The molecule has 142 valence electrons. The van der Waals surface area contributed by atoms with Gasteiger partial charge in [0, 0.05) is 5.56 Å². The molecule has 1 amide bonds. The Balaban J connectivity index is 1.96. The second kappa shape index (κ2) is 8.50. The fourth-order valence-electron chi connectivity index (χ4n) is 2.82. The molecule has 0 fully saturated rings. The number of carbonyl (C=O) groups is 1. The average molecular weight is 385 g/mol. The van der Waals surface area contributed by atoms with E-state index in [-0.39, 0.29) is 5.91 Å². The number of nitrogens with zero attached hydrogens (tertiary/aromatic N) is 2. The van der Waals surface area contributed by atoms with Crippen molar-refractivity contribution in [3.05, 3.63) is 53.6 Å². The molecule has 2 aromatic carbocycles. The fourth-order valence-corrected chi connectivity index (χ4v) is 3.84. The van der Waals surface area contributed by atoms with Crippen LogP contribution < -0.4 is 14.5 Å². The number of aromatic nitrogens is 1. The zero-order valence-corrected chi connectivity index (χ0v) is 17.1. The summed E-state index contributed by atoms with van der Waals surface area (Å²) in [6.07, 6.45) is 0. The van der Waals surface area contributed by atoms with Gasteiger partial charge in [0.25, 0.3) is 5.91 Å². The number of carbonyl (C=O) groups excluding carboxylic acids is 1. The highest BCUT2D eigenvalue weighted by Crippen LogP contribution is 2.32. The molecule has 0 unspecified atom stereocenters. The summed E-state index contributed by atoms with van der Waals surface area (Å²) in [5.74, 6) is 0.818. The molecule has 0 saturated carbocycles. The molecule has 3 rings (SSSR count). The first-order valence-corrected chi connectivity index (χ1v) is 10.0. The maximum absolute atomic E-state index is 13.2. The molecular formula is C21H26N3O2S+. The Hall–Kier alpha value is -2.44. The van der Waals surface area contributed by atoms with E-state index in [4.69, 9.17) is 9.72 Å². The van der Waals surface area contributed by atoms with Crippen molar-refractivity contribution >= 4 is 32.6 Å². The third-order valence-electron chi connectivity index (χ3n) is 4.24. The average Bonchev–Trinajstić information content (AvgIpc) is 3.04. The van der Waals surface area contributed by atoms with Crippen molar-refractivity contribution in [2.24, 2.45) is 0 Å². The molecule has 27 heavy (non-hydrogen) atoms. The SMILES string of the molecule is CCOc1ccc2nc(N(CC[NH+](C)C)C(=O)c3cccc(C)c3)sc2c1. The molecule has 0 bridgehead atoms. The predicted molar refractivity (Wildman–Crippen MR) is 111 cm³/mol.